The van der Waals surface area contributed by atoms with E-state index in [-0.39, 0.29) is 24.3 Å². The molecule has 3 aliphatic heterocycles. The number of hydrogen-bond acceptors (Lipinski definition) is 9. The summed E-state index contributed by atoms with van der Waals surface area (Å²) < 4.78 is 23.0. The van der Waals surface area contributed by atoms with Crippen molar-refractivity contribution in [3.8, 4) is 0 Å². The van der Waals surface area contributed by atoms with Gasteiger partial charge in [0.2, 0.25) is 5.79 Å². The molecular formula is C25H36O9. The van der Waals surface area contributed by atoms with Crippen LogP contribution in [0.4, 0.5) is 0 Å². The van der Waals surface area contributed by atoms with Crippen molar-refractivity contribution >= 4 is 17.9 Å². The summed E-state index contributed by atoms with van der Waals surface area (Å²) in [5.41, 5.74) is -1.44. The van der Waals surface area contributed by atoms with Crippen LogP contribution in [-0.2, 0) is 33.3 Å². The van der Waals surface area contributed by atoms with Gasteiger partial charge >= 0.3 is 17.9 Å². The van der Waals surface area contributed by atoms with Crippen molar-refractivity contribution in [2.24, 2.45) is 17.8 Å². The molecular weight excluding hydrogens is 444 g/mol. The number of ether oxygens (including phenoxy) is 4. The van der Waals surface area contributed by atoms with Crippen LogP contribution in [0.2, 0.25) is 0 Å². The summed E-state index contributed by atoms with van der Waals surface area (Å²) in [7, 11) is 0. The predicted molar refractivity (Wildman–Crippen MR) is 120 cm³/mol. The standard InChI is InChI=1S/C25H36O9/c1-8-13(4)22(27)33-20-18-15(6)23(28)32-19(18)21(31-17(26)9-12(2)3)24(7,29)11-16-10-14(5)25(20,30)34-16/h8,12,14,16,18-21,29-30H,6,9-11H2,1-5,7H3/t14-,16-,18-,19-,20+,21-,24-,25+/m0/s1. The van der Waals surface area contributed by atoms with E-state index in [0.29, 0.717) is 12.0 Å². The Morgan fingerprint density at radius 3 is 2.50 bits per heavy atom. The topological polar surface area (TPSA) is 129 Å². The molecule has 0 unspecified atom stereocenters. The smallest absolute Gasteiger partial charge is 0.334 e. The SMILES string of the molecule is C=C1C(=O)O[C@H]2[C@H]1[C@@H](OC(=O)C(C)=CC)[C@]1(O)O[C@@H](C[C@@H]1C)C[C@](C)(O)[C@H]2OC(=O)CC(C)C. The van der Waals surface area contributed by atoms with Gasteiger partial charge in [-0.1, -0.05) is 33.4 Å². The van der Waals surface area contributed by atoms with Gasteiger partial charge in [-0.2, -0.15) is 0 Å². The molecule has 9 nitrogen and oxygen atoms in total. The molecule has 190 valence electrons. The van der Waals surface area contributed by atoms with E-state index < -0.39 is 65.5 Å². The summed E-state index contributed by atoms with van der Waals surface area (Å²) in [6.45, 7) is 14.0. The van der Waals surface area contributed by atoms with Gasteiger partial charge in [0.05, 0.1) is 12.0 Å². The second-order valence-corrected chi connectivity index (χ2v) is 10.4. The zero-order valence-corrected chi connectivity index (χ0v) is 20.7. The first-order valence-electron chi connectivity index (χ1n) is 11.8. The third-order valence-electron chi connectivity index (χ3n) is 7.05. The molecule has 3 saturated heterocycles. The highest BCUT2D eigenvalue weighted by Gasteiger charge is 2.65. The molecule has 2 bridgehead atoms. The quantitative estimate of drug-likeness (QED) is 0.346. The molecule has 0 aliphatic carbocycles. The van der Waals surface area contributed by atoms with Crippen LogP contribution in [-0.4, -0.2) is 63.9 Å². The van der Waals surface area contributed by atoms with E-state index in [9.17, 15) is 24.6 Å². The predicted octanol–water partition coefficient (Wildman–Crippen LogP) is 2.19. The van der Waals surface area contributed by atoms with Gasteiger partial charge in [0, 0.05) is 29.9 Å². The number of rotatable bonds is 5. The molecule has 0 aromatic heterocycles. The fourth-order valence-electron chi connectivity index (χ4n) is 5.07. The molecule has 3 fully saturated rings. The summed E-state index contributed by atoms with van der Waals surface area (Å²) >= 11 is 0. The van der Waals surface area contributed by atoms with E-state index in [1.54, 1.807) is 26.8 Å². The summed E-state index contributed by atoms with van der Waals surface area (Å²) in [5, 5.41) is 23.2. The maximum Gasteiger partial charge on any atom is 0.334 e. The van der Waals surface area contributed by atoms with Gasteiger partial charge in [-0.15, -0.1) is 0 Å². The van der Waals surface area contributed by atoms with Crippen LogP contribution in [0.15, 0.2) is 23.8 Å². The van der Waals surface area contributed by atoms with E-state index in [0.717, 1.165) is 0 Å². The van der Waals surface area contributed by atoms with E-state index >= 15 is 0 Å². The lowest BCUT2D eigenvalue weighted by molar-refractivity contribution is -0.277. The molecule has 9 heteroatoms. The Labute approximate surface area is 200 Å². The molecule has 3 rings (SSSR count). The van der Waals surface area contributed by atoms with Crippen molar-refractivity contribution in [2.75, 3.05) is 0 Å². The third kappa shape index (κ3) is 4.78. The van der Waals surface area contributed by atoms with E-state index in [1.165, 1.54) is 6.92 Å². The lowest BCUT2D eigenvalue weighted by atomic mass is 9.75. The van der Waals surface area contributed by atoms with Gasteiger partial charge in [-0.25, -0.2) is 9.59 Å². The van der Waals surface area contributed by atoms with Crippen molar-refractivity contribution in [1.29, 1.82) is 0 Å². The second-order valence-electron chi connectivity index (χ2n) is 10.4. The van der Waals surface area contributed by atoms with Gasteiger partial charge in [0.1, 0.15) is 5.60 Å². The van der Waals surface area contributed by atoms with E-state index in [2.05, 4.69) is 6.58 Å². The van der Waals surface area contributed by atoms with Crippen LogP contribution in [0.5, 0.6) is 0 Å². The Hall–Kier alpha value is -2.23. The Morgan fingerprint density at radius 1 is 1.26 bits per heavy atom. The van der Waals surface area contributed by atoms with E-state index in [4.69, 9.17) is 18.9 Å². The Kier molecular flexibility index (Phi) is 7.32. The molecule has 0 saturated carbocycles. The van der Waals surface area contributed by atoms with Gasteiger partial charge in [-0.05, 0) is 33.1 Å². The molecule has 2 N–H and O–H groups in total. The highest BCUT2D eigenvalue weighted by molar-refractivity contribution is 5.92. The minimum absolute atomic E-state index is 0.00107. The molecule has 3 aliphatic rings. The fourth-order valence-corrected chi connectivity index (χ4v) is 5.07. The Balaban J connectivity index is 2.13. The van der Waals surface area contributed by atoms with E-state index in [1.807, 2.05) is 13.8 Å². The average molecular weight is 481 g/mol. The summed E-state index contributed by atoms with van der Waals surface area (Å²) in [4.78, 5) is 38.1. The summed E-state index contributed by atoms with van der Waals surface area (Å²) in [6, 6.07) is 0. The largest absolute Gasteiger partial charge is 0.455 e. The van der Waals surface area contributed by atoms with Gasteiger partial charge in [0.15, 0.2) is 18.3 Å². The first kappa shape index (κ1) is 26.4. The van der Waals surface area contributed by atoms with Crippen molar-refractivity contribution in [1.82, 2.24) is 0 Å². The van der Waals surface area contributed by atoms with Gasteiger partial charge in [0.25, 0.3) is 0 Å². The summed E-state index contributed by atoms with van der Waals surface area (Å²) in [6.07, 6.45) is -2.53. The van der Waals surface area contributed by atoms with Crippen LogP contribution in [0.1, 0.15) is 60.8 Å². The van der Waals surface area contributed by atoms with Crippen LogP contribution in [0.3, 0.4) is 0 Å². The van der Waals surface area contributed by atoms with Gasteiger partial charge < -0.3 is 29.2 Å². The van der Waals surface area contributed by atoms with Crippen molar-refractivity contribution in [3.63, 3.8) is 0 Å². The van der Waals surface area contributed by atoms with Crippen LogP contribution >= 0.6 is 0 Å². The second kappa shape index (κ2) is 9.43. The van der Waals surface area contributed by atoms with Crippen molar-refractivity contribution < 1.29 is 43.5 Å². The number of fused-ring (bicyclic) bond motifs is 3. The normalized spacial score (nSPS) is 40.2. The Bertz CT molecular complexity index is 889. The molecule has 8 atom stereocenters. The molecule has 0 spiro atoms. The Morgan fingerprint density at radius 2 is 1.91 bits per heavy atom. The maximum absolute atomic E-state index is 12.8. The maximum atomic E-state index is 12.8. The first-order valence-corrected chi connectivity index (χ1v) is 11.8. The molecule has 34 heavy (non-hydrogen) atoms. The number of carbonyl (C=O) groups excluding carboxylic acids is 3. The number of esters is 3. The van der Waals surface area contributed by atoms with Crippen LogP contribution in [0.25, 0.3) is 0 Å². The monoisotopic (exact) mass is 480 g/mol. The number of carbonyl (C=O) groups is 3. The molecule has 0 aromatic rings. The third-order valence-corrected chi connectivity index (χ3v) is 7.05. The summed E-state index contributed by atoms with van der Waals surface area (Å²) in [5.74, 6) is -5.64. The highest BCUT2D eigenvalue weighted by atomic mass is 16.7. The molecule has 0 radical (unpaired) electrons. The minimum Gasteiger partial charge on any atom is -0.455 e. The lowest BCUT2D eigenvalue weighted by Gasteiger charge is -2.41. The highest BCUT2D eigenvalue weighted by Crippen LogP contribution is 2.50. The first-order chi connectivity index (χ1) is 15.7. The average Bonchev–Trinajstić information content (AvgIpc) is 3.17. The zero-order chi connectivity index (χ0) is 25.6. The van der Waals surface area contributed by atoms with Crippen molar-refractivity contribution in [2.45, 2.75) is 96.6 Å². The fraction of sp³-hybridized carbons (Fsp3) is 0.720. The number of hydrogen-bond donors (Lipinski definition) is 2. The lowest BCUT2D eigenvalue weighted by Crippen LogP contribution is -2.58. The van der Waals surface area contributed by atoms with Crippen LogP contribution < -0.4 is 0 Å². The number of aliphatic hydroxyl groups is 2. The van der Waals surface area contributed by atoms with Crippen LogP contribution in [0, 0.1) is 17.8 Å². The molecule has 0 aromatic carbocycles. The van der Waals surface area contributed by atoms with Gasteiger partial charge in [-0.3, -0.25) is 4.79 Å². The number of allylic oxidation sites excluding steroid dienone is 1. The van der Waals surface area contributed by atoms with Crippen molar-refractivity contribution in [3.05, 3.63) is 23.8 Å². The molecule has 3 heterocycles. The minimum atomic E-state index is -1.97. The molecule has 0 amide bonds. The zero-order valence-electron chi connectivity index (χ0n) is 20.7.